The number of anilines is 2. The third kappa shape index (κ3) is 4.64. The zero-order valence-corrected chi connectivity index (χ0v) is 23.3. The van der Waals surface area contributed by atoms with E-state index < -0.39 is 53.2 Å². The van der Waals surface area contributed by atoms with E-state index in [2.05, 4.69) is 10.1 Å². The number of Topliss-reactive ketones (excluding diaryl/α,β-unsaturated/α-hetero) is 2. The van der Waals surface area contributed by atoms with Crippen molar-refractivity contribution in [2.24, 2.45) is 17.6 Å². The van der Waals surface area contributed by atoms with Gasteiger partial charge in [0.15, 0.2) is 11.4 Å². The molecule has 1 saturated carbocycles. The number of carbonyl (C=O) groups excluding carboxylic acids is 2. The van der Waals surface area contributed by atoms with Gasteiger partial charge in [-0.05, 0) is 55.0 Å². The van der Waals surface area contributed by atoms with Crippen LogP contribution in [-0.2, 0) is 22.6 Å². The molecular formula is C30H33F2N3O7. The maximum absolute atomic E-state index is 13.9. The number of nitrogens with zero attached hydrogens (tertiary/aromatic N) is 1. The molecule has 0 radical (unpaired) electrons. The molecule has 0 amide bonds. The molecule has 1 unspecified atom stereocenters. The van der Waals surface area contributed by atoms with E-state index in [-0.39, 0.29) is 59.7 Å². The third-order valence-electron chi connectivity index (χ3n) is 8.40. The molecule has 0 heterocycles. The maximum atomic E-state index is 13.9. The van der Waals surface area contributed by atoms with Crippen molar-refractivity contribution in [1.29, 1.82) is 0 Å². The smallest absolute Gasteiger partial charge is 0.387 e. The van der Waals surface area contributed by atoms with Crippen molar-refractivity contribution in [3.63, 3.8) is 0 Å². The highest BCUT2D eigenvalue weighted by atomic mass is 19.3. The number of phenols is 1. The van der Waals surface area contributed by atoms with Gasteiger partial charge in [0.2, 0.25) is 5.78 Å². The highest BCUT2D eigenvalue weighted by Gasteiger charge is 2.60. The van der Waals surface area contributed by atoms with Crippen molar-refractivity contribution in [3.05, 3.63) is 63.9 Å². The fourth-order valence-electron chi connectivity index (χ4n) is 6.43. The summed E-state index contributed by atoms with van der Waals surface area (Å²) in [6.45, 7) is -1.29. The molecule has 4 atom stereocenters. The van der Waals surface area contributed by atoms with Gasteiger partial charge in [-0.3, -0.25) is 9.59 Å². The summed E-state index contributed by atoms with van der Waals surface area (Å²) in [6.07, 6.45) is 0.200. The molecule has 42 heavy (non-hydrogen) atoms. The first-order valence-electron chi connectivity index (χ1n) is 13.5. The second-order valence-electron chi connectivity index (χ2n) is 11.3. The first kappa shape index (κ1) is 29.3. The number of fused-ring (bicyclic) bond motifs is 3. The molecule has 0 bridgehead atoms. The van der Waals surface area contributed by atoms with Crippen LogP contribution < -0.4 is 20.7 Å². The monoisotopic (exact) mass is 585 g/mol. The minimum absolute atomic E-state index is 0.00340. The van der Waals surface area contributed by atoms with Gasteiger partial charge in [0.05, 0.1) is 16.8 Å². The Kier molecular flexibility index (Phi) is 7.40. The standard InChI is InChI=1S/C30H33F2N3O7/c1-13(33)22-21(36)10-16-8-15-9-18-20(35(2)3)11-19(34-12-14-4-6-17(7-5-14)42-29(31)32)25(37)24(18)26(38)23(15)28(40)30(16,41)27(22)39/h4-7,11,13,15-16,29,34,37-39,41H,8-10,12,33H2,1-3H3/t13?,15-,16+,30-/m1/s1. The molecule has 0 saturated heterocycles. The Morgan fingerprint density at radius 1 is 1.14 bits per heavy atom. The molecule has 2 aromatic rings. The molecule has 2 aromatic carbocycles. The summed E-state index contributed by atoms with van der Waals surface area (Å²) >= 11 is 0. The van der Waals surface area contributed by atoms with Gasteiger partial charge in [0, 0.05) is 50.3 Å². The lowest BCUT2D eigenvalue weighted by Gasteiger charge is -2.47. The van der Waals surface area contributed by atoms with E-state index in [4.69, 9.17) is 5.73 Å². The van der Waals surface area contributed by atoms with Crippen LogP contribution in [-0.4, -0.2) is 64.3 Å². The molecule has 0 aromatic heterocycles. The molecule has 3 aliphatic carbocycles. The van der Waals surface area contributed by atoms with E-state index in [1.165, 1.54) is 19.1 Å². The predicted molar refractivity (Wildman–Crippen MR) is 151 cm³/mol. The molecular weight excluding hydrogens is 552 g/mol. The first-order chi connectivity index (χ1) is 19.7. The Hall–Kier alpha value is -4.16. The van der Waals surface area contributed by atoms with Gasteiger partial charge in [-0.2, -0.15) is 8.78 Å². The molecule has 1 fully saturated rings. The Bertz CT molecular complexity index is 1520. The number of hydrogen-bond acceptors (Lipinski definition) is 10. The molecule has 0 aliphatic heterocycles. The SMILES string of the molecule is CC(N)C1=C(O)[C@@]2(O)C(=O)C3=C(O)c4c(O)c(NCc5ccc(OC(F)F)cc5)cc(N(C)C)c4C[C@H]3C[C@H]2CC1=O. The minimum atomic E-state index is -2.94. The van der Waals surface area contributed by atoms with Crippen molar-refractivity contribution in [2.45, 2.75) is 51.0 Å². The van der Waals surface area contributed by atoms with Crippen molar-refractivity contribution < 1.29 is 43.5 Å². The van der Waals surface area contributed by atoms with E-state index in [1.807, 2.05) is 0 Å². The lowest BCUT2D eigenvalue weighted by molar-refractivity contribution is -0.147. The molecule has 7 N–H and O–H groups in total. The summed E-state index contributed by atoms with van der Waals surface area (Å²) in [5.74, 6) is -4.45. The van der Waals surface area contributed by atoms with E-state index in [9.17, 15) is 38.8 Å². The number of ketones is 2. The van der Waals surface area contributed by atoms with Gasteiger partial charge < -0.3 is 41.1 Å². The Balaban J connectivity index is 1.55. The van der Waals surface area contributed by atoms with E-state index in [0.717, 1.165) is 0 Å². The van der Waals surface area contributed by atoms with Crippen LogP contribution in [0.15, 0.2) is 47.2 Å². The average Bonchev–Trinajstić information content (AvgIpc) is 2.90. The van der Waals surface area contributed by atoms with Crippen LogP contribution in [0.4, 0.5) is 20.2 Å². The Morgan fingerprint density at radius 2 is 1.81 bits per heavy atom. The van der Waals surface area contributed by atoms with Crippen molar-refractivity contribution >= 4 is 28.7 Å². The molecule has 3 aliphatic rings. The fourth-order valence-corrected chi connectivity index (χ4v) is 6.43. The zero-order chi connectivity index (χ0) is 30.7. The molecule has 5 rings (SSSR count). The van der Waals surface area contributed by atoms with Crippen LogP contribution >= 0.6 is 0 Å². The highest BCUT2D eigenvalue weighted by molar-refractivity contribution is 6.13. The van der Waals surface area contributed by atoms with Crippen LogP contribution in [0.3, 0.4) is 0 Å². The second kappa shape index (κ2) is 10.6. The van der Waals surface area contributed by atoms with Crippen LogP contribution in [0, 0.1) is 11.8 Å². The number of ether oxygens (including phenoxy) is 1. The number of aliphatic hydroxyl groups is 3. The second-order valence-corrected chi connectivity index (χ2v) is 11.3. The third-order valence-corrected chi connectivity index (χ3v) is 8.40. The van der Waals surface area contributed by atoms with E-state index in [0.29, 0.717) is 16.8 Å². The quantitative estimate of drug-likeness (QED) is 0.265. The number of halogens is 2. The fraction of sp³-hybridized carbons (Fsp3) is 0.400. The van der Waals surface area contributed by atoms with Crippen LogP contribution in [0.5, 0.6) is 11.5 Å². The largest absolute Gasteiger partial charge is 0.508 e. The van der Waals surface area contributed by atoms with Gasteiger partial charge in [0.1, 0.15) is 23.0 Å². The number of rotatable bonds is 7. The molecule has 224 valence electrons. The summed E-state index contributed by atoms with van der Waals surface area (Å²) < 4.78 is 29.3. The maximum Gasteiger partial charge on any atom is 0.387 e. The average molecular weight is 586 g/mol. The molecule has 10 nitrogen and oxygen atoms in total. The number of nitrogens with one attached hydrogen (secondary N) is 1. The Labute approximate surface area is 240 Å². The number of phenolic OH excluding ortho intramolecular Hbond substituents is 1. The van der Waals surface area contributed by atoms with E-state index >= 15 is 0 Å². The van der Waals surface area contributed by atoms with Gasteiger partial charge in [-0.15, -0.1) is 0 Å². The lowest BCUT2D eigenvalue weighted by atomic mass is 9.59. The topological polar surface area (TPSA) is 166 Å². The van der Waals surface area contributed by atoms with Crippen LogP contribution in [0.2, 0.25) is 0 Å². The van der Waals surface area contributed by atoms with Crippen molar-refractivity contribution in [1.82, 2.24) is 0 Å². The lowest BCUT2D eigenvalue weighted by Crippen LogP contribution is -2.58. The van der Waals surface area contributed by atoms with Crippen LogP contribution in [0.1, 0.15) is 36.5 Å². The normalized spacial score (nSPS) is 24.3. The van der Waals surface area contributed by atoms with E-state index in [1.54, 1.807) is 37.2 Å². The number of benzene rings is 2. The van der Waals surface area contributed by atoms with Gasteiger partial charge in [-0.25, -0.2) is 0 Å². The van der Waals surface area contributed by atoms with Gasteiger partial charge >= 0.3 is 6.61 Å². The zero-order valence-electron chi connectivity index (χ0n) is 23.3. The number of hydrogen-bond donors (Lipinski definition) is 6. The van der Waals surface area contributed by atoms with Crippen molar-refractivity contribution in [2.75, 3.05) is 24.3 Å². The summed E-state index contributed by atoms with van der Waals surface area (Å²) in [6, 6.07) is 6.74. The number of alkyl halides is 2. The first-order valence-corrected chi connectivity index (χ1v) is 13.5. The number of aromatic hydroxyl groups is 1. The van der Waals surface area contributed by atoms with Gasteiger partial charge in [-0.1, -0.05) is 12.1 Å². The Morgan fingerprint density at radius 3 is 2.40 bits per heavy atom. The van der Waals surface area contributed by atoms with Gasteiger partial charge in [0.25, 0.3) is 0 Å². The number of nitrogens with two attached hydrogens (primary N) is 1. The molecule has 0 spiro atoms. The summed E-state index contributed by atoms with van der Waals surface area (Å²) in [5.41, 5.74) is 5.30. The summed E-state index contributed by atoms with van der Waals surface area (Å²) in [7, 11) is 3.58. The number of carbonyl (C=O) groups is 2. The van der Waals surface area contributed by atoms with Crippen LogP contribution in [0.25, 0.3) is 5.76 Å². The summed E-state index contributed by atoms with van der Waals surface area (Å²) in [5, 5.41) is 48.5. The van der Waals surface area contributed by atoms with Crippen molar-refractivity contribution in [3.8, 4) is 11.5 Å². The minimum Gasteiger partial charge on any atom is -0.508 e. The predicted octanol–water partition coefficient (Wildman–Crippen LogP) is 3.57. The molecule has 12 heteroatoms. The highest BCUT2D eigenvalue weighted by Crippen LogP contribution is 2.54. The summed E-state index contributed by atoms with van der Waals surface area (Å²) in [4.78, 5) is 28.4. The number of aliphatic hydroxyl groups excluding tert-OH is 2.